The monoisotopic (exact) mass is 285 g/mol. The van der Waals surface area contributed by atoms with Gasteiger partial charge in [0.1, 0.15) is 5.58 Å². The van der Waals surface area contributed by atoms with Crippen molar-refractivity contribution < 1.29 is 4.42 Å². The highest BCUT2D eigenvalue weighted by atomic mass is 16.4. The molecule has 0 aliphatic heterocycles. The maximum Gasteiger partial charge on any atom is 0.344 e. The van der Waals surface area contributed by atoms with E-state index in [1.165, 1.54) is 0 Å². The van der Waals surface area contributed by atoms with Crippen LogP contribution in [0.5, 0.6) is 0 Å². The Kier molecular flexibility index (Phi) is 2.09. The van der Waals surface area contributed by atoms with E-state index in [0.29, 0.717) is 11.0 Å². The lowest BCUT2D eigenvalue weighted by Crippen LogP contribution is -1.99. The van der Waals surface area contributed by atoms with Crippen LogP contribution in [0.25, 0.3) is 43.5 Å². The maximum absolute atomic E-state index is 12.3. The Morgan fingerprint density at radius 2 is 1.45 bits per heavy atom. The average Bonchev–Trinajstić information content (AvgIpc) is 2.93. The van der Waals surface area contributed by atoms with Gasteiger partial charge in [0, 0.05) is 32.6 Å². The first-order valence-electron chi connectivity index (χ1n) is 7.18. The van der Waals surface area contributed by atoms with E-state index in [9.17, 15) is 4.79 Å². The topological polar surface area (TPSA) is 46.0 Å². The molecule has 0 spiro atoms. The third kappa shape index (κ3) is 1.37. The summed E-state index contributed by atoms with van der Waals surface area (Å²) < 4.78 is 5.45. The summed E-state index contributed by atoms with van der Waals surface area (Å²) in [5, 5.41) is 4.75. The zero-order valence-electron chi connectivity index (χ0n) is 11.6. The molecule has 0 saturated carbocycles. The fourth-order valence-corrected chi connectivity index (χ4v) is 3.31. The predicted molar refractivity (Wildman–Crippen MR) is 89.4 cm³/mol. The lowest BCUT2D eigenvalue weighted by molar-refractivity contribution is 0.570. The lowest BCUT2D eigenvalue weighted by Gasteiger charge is -2.04. The van der Waals surface area contributed by atoms with Gasteiger partial charge >= 0.3 is 5.63 Å². The highest BCUT2D eigenvalue weighted by Gasteiger charge is 2.13. The first-order valence-corrected chi connectivity index (χ1v) is 7.18. The zero-order chi connectivity index (χ0) is 14.7. The Hall–Kier alpha value is -3.07. The summed E-state index contributed by atoms with van der Waals surface area (Å²) in [6.45, 7) is 0. The number of rotatable bonds is 0. The molecular weight excluding hydrogens is 274 g/mol. The van der Waals surface area contributed by atoms with Gasteiger partial charge in [-0.2, -0.15) is 0 Å². The molecule has 0 aliphatic carbocycles. The summed E-state index contributed by atoms with van der Waals surface area (Å²) in [5.74, 6) is 0. The van der Waals surface area contributed by atoms with Gasteiger partial charge in [-0.05, 0) is 24.3 Å². The normalized spacial score (nSPS) is 11.8. The fourth-order valence-electron chi connectivity index (χ4n) is 3.31. The summed E-state index contributed by atoms with van der Waals surface area (Å²) in [7, 11) is 0. The van der Waals surface area contributed by atoms with Crippen LogP contribution >= 0.6 is 0 Å². The van der Waals surface area contributed by atoms with Crippen molar-refractivity contribution in [2.45, 2.75) is 0 Å². The first kappa shape index (κ1) is 11.6. The third-order valence-electron chi connectivity index (χ3n) is 4.25. The Morgan fingerprint density at radius 1 is 0.682 bits per heavy atom. The summed E-state index contributed by atoms with van der Waals surface area (Å²) >= 11 is 0. The molecule has 0 aliphatic rings. The summed E-state index contributed by atoms with van der Waals surface area (Å²) in [6, 6.07) is 19.6. The Labute approximate surface area is 124 Å². The van der Waals surface area contributed by atoms with E-state index < -0.39 is 0 Å². The van der Waals surface area contributed by atoms with E-state index in [4.69, 9.17) is 4.42 Å². The minimum absolute atomic E-state index is 0.291. The molecule has 3 aromatic carbocycles. The minimum Gasteiger partial charge on any atom is -0.422 e. The summed E-state index contributed by atoms with van der Waals surface area (Å²) in [6.07, 6.45) is 0. The molecule has 0 radical (unpaired) electrons. The van der Waals surface area contributed by atoms with Gasteiger partial charge in [-0.3, -0.25) is 0 Å². The highest BCUT2D eigenvalue weighted by molar-refractivity contribution is 6.26. The van der Waals surface area contributed by atoms with Crippen molar-refractivity contribution in [2.75, 3.05) is 0 Å². The molecule has 0 atom stereocenters. The van der Waals surface area contributed by atoms with Gasteiger partial charge in [0.2, 0.25) is 0 Å². The van der Waals surface area contributed by atoms with Crippen LogP contribution in [0.1, 0.15) is 0 Å². The molecule has 3 nitrogen and oxygen atoms in total. The number of para-hydroxylation sites is 2. The van der Waals surface area contributed by atoms with Crippen LogP contribution in [0, 0.1) is 0 Å². The van der Waals surface area contributed by atoms with Crippen molar-refractivity contribution in [3.63, 3.8) is 0 Å². The molecular formula is C19H11NO2. The predicted octanol–water partition coefficient (Wildman–Crippen LogP) is 4.58. The van der Waals surface area contributed by atoms with Crippen molar-refractivity contribution in [3.05, 3.63) is 71.1 Å². The molecule has 0 saturated heterocycles. The first-order chi connectivity index (χ1) is 10.8. The van der Waals surface area contributed by atoms with Gasteiger partial charge in [-0.25, -0.2) is 4.79 Å². The SMILES string of the molecule is O=c1oc2ccccc2c2c1ccc1[nH]c3ccccc3c12. The molecule has 2 aromatic heterocycles. The van der Waals surface area contributed by atoms with E-state index in [1.807, 2.05) is 48.5 Å². The van der Waals surface area contributed by atoms with Crippen LogP contribution < -0.4 is 5.63 Å². The van der Waals surface area contributed by atoms with Gasteiger partial charge in [0.15, 0.2) is 0 Å². The molecule has 5 aromatic rings. The fraction of sp³-hybridized carbons (Fsp3) is 0. The number of aromatic amines is 1. The van der Waals surface area contributed by atoms with Crippen LogP contribution in [0.15, 0.2) is 69.9 Å². The Balaban J connectivity index is 2.23. The molecule has 104 valence electrons. The third-order valence-corrected chi connectivity index (χ3v) is 4.25. The molecule has 1 N–H and O–H groups in total. The molecule has 2 heterocycles. The number of aromatic nitrogens is 1. The zero-order valence-corrected chi connectivity index (χ0v) is 11.6. The van der Waals surface area contributed by atoms with Crippen molar-refractivity contribution in [1.82, 2.24) is 4.98 Å². The van der Waals surface area contributed by atoms with Crippen molar-refractivity contribution >= 4 is 43.5 Å². The quantitative estimate of drug-likeness (QED) is 0.334. The van der Waals surface area contributed by atoms with Crippen LogP contribution in [-0.4, -0.2) is 4.98 Å². The Bertz CT molecular complexity index is 1240. The molecule has 0 fully saturated rings. The van der Waals surface area contributed by atoms with Crippen LogP contribution in [0.2, 0.25) is 0 Å². The summed E-state index contributed by atoms with van der Waals surface area (Å²) in [5.41, 5.74) is 2.44. The molecule has 0 unspecified atom stereocenters. The number of benzene rings is 3. The number of nitrogens with one attached hydrogen (secondary N) is 1. The molecule has 0 amide bonds. The van der Waals surface area contributed by atoms with Crippen molar-refractivity contribution in [2.24, 2.45) is 0 Å². The van der Waals surface area contributed by atoms with Gasteiger partial charge in [-0.1, -0.05) is 36.4 Å². The largest absolute Gasteiger partial charge is 0.422 e. The van der Waals surface area contributed by atoms with E-state index >= 15 is 0 Å². The minimum atomic E-state index is -0.291. The van der Waals surface area contributed by atoms with E-state index in [2.05, 4.69) is 17.1 Å². The second-order valence-electron chi connectivity index (χ2n) is 5.47. The van der Waals surface area contributed by atoms with Crippen molar-refractivity contribution in [3.8, 4) is 0 Å². The molecule has 5 rings (SSSR count). The van der Waals surface area contributed by atoms with E-state index in [0.717, 1.165) is 32.6 Å². The lowest BCUT2D eigenvalue weighted by atomic mass is 10.0. The van der Waals surface area contributed by atoms with Gasteiger partial charge in [0.25, 0.3) is 0 Å². The maximum atomic E-state index is 12.3. The van der Waals surface area contributed by atoms with Gasteiger partial charge < -0.3 is 9.40 Å². The van der Waals surface area contributed by atoms with Gasteiger partial charge in [-0.15, -0.1) is 0 Å². The van der Waals surface area contributed by atoms with Crippen molar-refractivity contribution in [1.29, 1.82) is 0 Å². The second-order valence-corrected chi connectivity index (χ2v) is 5.47. The van der Waals surface area contributed by atoms with Crippen LogP contribution in [0.4, 0.5) is 0 Å². The molecule has 22 heavy (non-hydrogen) atoms. The van der Waals surface area contributed by atoms with Gasteiger partial charge in [0.05, 0.1) is 5.39 Å². The molecule has 3 heteroatoms. The van der Waals surface area contributed by atoms with E-state index in [-0.39, 0.29) is 5.63 Å². The van der Waals surface area contributed by atoms with E-state index in [1.54, 1.807) is 0 Å². The number of hydrogen-bond donors (Lipinski definition) is 1. The Morgan fingerprint density at radius 3 is 2.36 bits per heavy atom. The number of hydrogen-bond acceptors (Lipinski definition) is 2. The highest BCUT2D eigenvalue weighted by Crippen LogP contribution is 2.34. The standard InChI is InChI=1S/C19H11NO2/c21-19-13-9-10-15-18(11-5-1-3-7-14(11)20-15)17(13)12-6-2-4-8-16(12)22-19/h1-10,20H. The van der Waals surface area contributed by atoms with Crippen LogP contribution in [-0.2, 0) is 0 Å². The average molecular weight is 285 g/mol. The summed E-state index contributed by atoms with van der Waals surface area (Å²) in [4.78, 5) is 15.7. The van der Waals surface area contributed by atoms with Crippen LogP contribution in [0.3, 0.4) is 0 Å². The molecule has 0 bridgehead atoms. The number of H-pyrrole nitrogens is 1. The smallest absolute Gasteiger partial charge is 0.344 e. The second kappa shape index (κ2) is 3.98. The number of fused-ring (bicyclic) bond motifs is 7.